The van der Waals surface area contributed by atoms with Crippen molar-refractivity contribution in [2.75, 3.05) is 0 Å². The maximum Gasteiger partial charge on any atom is 0.374 e. The molecule has 3 aromatic rings. The molecule has 3 nitrogen and oxygen atoms in total. The van der Waals surface area contributed by atoms with Gasteiger partial charge in [0.15, 0.2) is 0 Å². The third kappa shape index (κ3) is 2.02. The van der Waals surface area contributed by atoms with E-state index in [-0.39, 0.29) is 12.4 Å². The van der Waals surface area contributed by atoms with E-state index in [4.69, 9.17) is 9.15 Å². The Morgan fingerprint density at radius 3 is 2.94 bits per heavy atom. The highest BCUT2D eigenvalue weighted by molar-refractivity contribution is 7.17. The van der Waals surface area contributed by atoms with Crippen LogP contribution in [0.2, 0.25) is 0 Å². The maximum absolute atomic E-state index is 11.6. The standard InChI is InChI=1S/C14H10O3S/c15-14(12-5-3-7-16-12)17-8-10-9-18-13-6-2-1-4-11(10)13/h1-7,9H,8H2. The number of ether oxygens (including phenoxy) is 1. The third-order valence-electron chi connectivity index (χ3n) is 2.64. The summed E-state index contributed by atoms with van der Waals surface area (Å²) in [5.41, 5.74) is 1.02. The van der Waals surface area contributed by atoms with Crippen LogP contribution in [-0.4, -0.2) is 5.97 Å². The SMILES string of the molecule is O=C(OCc1csc2ccccc12)c1ccco1. The van der Waals surface area contributed by atoms with Gasteiger partial charge >= 0.3 is 5.97 Å². The van der Waals surface area contributed by atoms with Gasteiger partial charge in [0.1, 0.15) is 6.61 Å². The molecule has 0 amide bonds. The lowest BCUT2D eigenvalue weighted by Crippen LogP contribution is -2.03. The summed E-state index contributed by atoms with van der Waals surface area (Å²) in [6.45, 7) is 0.267. The van der Waals surface area contributed by atoms with Gasteiger partial charge < -0.3 is 9.15 Å². The van der Waals surface area contributed by atoms with Crippen LogP contribution in [0.4, 0.5) is 0 Å². The molecule has 90 valence electrons. The Bertz CT molecular complexity index is 667. The van der Waals surface area contributed by atoms with Crippen LogP contribution in [-0.2, 0) is 11.3 Å². The first-order valence-corrected chi connectivity index (χ1v) is 6.38. The number of carbonyl (C=O) groups excluding carboxylic acids is 1. The number of esters is 1. The van der Waals surface area contributed by atoms with Crippen molar-refractivity contribution in [2.45, 2.75) is 6.61 Å². The number of rotatable bonds is 3. The zero-order chi connectivity index (χ0) is 12.4. The van der Waals surface area contributed by atoms with E-state index in [1.165, 1.54) is 11.0 Å². The van der Waals surface area contributed by atoms with Crippen molar-refractivity contribution in [3.05, 3.63) is 59.4 Å². The summed E-state index contributed by atoms with van der Waals surface area (Å²) < 4.78 is 11.4. The van der Waals surface area contributed by atoms with E-state index < -0.39 is 5.97 Å². The van der Waals surface area contributed by atoms with Gasteiger partial charge in [0.25, 0.3) is 0 Å². The van der Waals surface area contributed by atoms with Crippen LogP contribution in [0.3, 0.4) is 0 Å². The Morgan fingerprint density at radius 1 is 1.22 bits per heavy atom. The summed E-state index contributed by atoms with van der Waals surface area (Å²) in [6.07, 6.45) is 1.45. The van der Waals surface area contributed by atoms with Crippen LogP contribution < -0.4 is 0 Å². The summed E-state index contributed by atoms with van der Waals surface area (Å²) in [7, 11) is 0. The van der Waals surface area contributed by atoms with Crippen molar-refractivity contribution in [2.24, 2.45) is 0 Å². The van der Waals surface area contributed by atoms with Crippen molar-refractivity contribution < 1.29 is 13.9 Å². The number of carbonyl (C=O) groups is 1. The average molecular weight is 258 g/mol. The maximum atomic E-state index is 11.6. The van der Waals surface area contributed by atoms with E-state index >= 15 is 0 Å². The van der Waals surface area contributed by atoms with Crippen molar-refractivity contribution in [3.8, 4) is 0 Å². The van der Waals surface area contributed by atoms with E-state index in [0.29, 0.717) is 0 Å². The molecule has 0 unspecified atom stereocenters. The second kappa shape index (κ2) is 4.66. The molecule has 0 aliphatic carbocycles. The average Bonchev–Trinajstić information content (AvgIpc) is 3.06. The van der Waals surface area contributed by atoms with E-state index in [1.54, 1.807) is 23.5 Å². The van der Waals surface area contributed by atoms with Crippen molar-refractivity contribution in [1.29, 1.82) is 0 Å². The molecule has 1 aromatic carbocycles. The zero-order valence-electron chi connectivity index (χ0n) is 9.46. The molecule has 0 saturated carbocycles. The van der Waals surface area contributed by atoms with Gasteiger partial charge in [0.2, 0.25) is 5.76 Å². The van der Waals surface area contributed by atoms with Gasteiger partial charge in [-0.3, -0.25) is 0 Å². The second-order valence-corrected chi connectivity index (χ2v) is 4.72. The molecule has 4 heteroatoms. The Hall–Kier alpha value is -2.07. The van der Waals surface area contributed by atoms with E-state index in [9.17, 15) is 4.79 Å². The van der Waals surface area contributed by atoms with E-state index in [2.05, 4.69) is 6.07 Å². The summed E-state index contributed by atoms with van der Waals surface area (Å²) in [5, 5.41) is 3.15. The second-order valence-electron chi connectivity index (χ2n) is 3.81. The number of hydrogen-bond donors (Lipinski definition) is 0. The van der Waals surface area contributed by atoms with E-state index in [0.717, 1.165) is 10.9 Å². The topological polar surface area (TPSA) is 39.4 Å². The minimum Gasteiger partial charge on any atom is -0.457 e. The van der Waals surface area contributed by atoms with Gasteiger partial charge in [-0.05, 0) is 29.0 Å². The molecular weight excluding hydrogens is 248 g/mol. The number of benzene rings is 1. The fourth-order valence-corrected chi connectivity index (χ4v) is 2.70. The van der Waals surface area contributed by atoms with Gasteiger partial charge in [0.05, 0.1) is 6.26 Å². The predicted octanol–water partition coefficient (Wildman–Crippen LogP) is 3.85. The first-order valence-electron chi connectivity index (χ1n) is 5.50. The Labute approximate surface area is 108 Å². The highest BCUT2D eigenvalue weighted by Gasteiger charge is 2.11. The van der Waals surface area contributed by atoms with Gasteiger partial charge in [-0.2, -0.15) is 0 Å². The zero-order valence-corrected chi connectivity index (χ0v) is 10.3. The quantitative estimate of drug-likeness (QED) is 0.670. The monoisotopic (exact) mass is 258 g/mol. The number of fused-ring (bicyclic) bond motifs is 1. The lowest BCUT2D eigenvalue weighted by Gasteiger charge is -2.01. The van der Waals surface area contributed by atoms with Crippen LogP contribution >= 0.6 is 11.3 Å². The Morgan fingerprint density at radius 2 is 2.11 bits per heavy atom. The molecule has 0 radical (unpaired) electrons. The molecule has 0 spiro atoms. The van der Waals surface area contributed by atoms with Crippen LogP contribution in [0.15, 0.2) is 52.5 Å². The molecule has 2 aromatic heterocycles. The minimum atomic E-state index is -0.435. The summed E-state index contributed by atoms with van der Waals surface area (Å²) in [6, 6.07) is 11.3. The number of thiophene rings is 1. The molecular formula is C14H10O3S. The van der Waals surface area contributed by atoms with Crippen molar-refractivity contribution in [1.82, 2.24) is 0 Å². The molecule has 0 aliphatic rings. The summed E-state index contributed by atoms with van der Waals surface area (Å²) in [4.78, 5) is 11.6. The van der Waals surface area contributed by atoms with Crippen molar-refractivity contribution in [3.63, 3.8) is 0 Å². The normalized spacial score (nSPS) is 10.7. The summed E-state index contributed by atoms with van der Waals surface area (Å²) >= 11 is 1.65. The van der Waals surface area contributed by atoms with Gasteiger partial charge in [-0.25, -0.2) is 4.79 Å². The van der Waals surface area contributed by atoms with E-state index in [1.807, 2.05) is 23.6 Å². The van der Waals surface area contributed by atoms with Gasteiger partial charge in [-0.1, -0.05) is 18.2 Å². The lowest BCUT2D eigenvalue weighted by molar-refractivity contribution is 0.0438. The van der Waals surface area contributed by atoms with Crippen LogP contribution in [0.5, 0.6) is 0 Å². The predicted molar refractivity (Wildman–Crippen MR) is 69.7 cm³/mol. The molecule has 0 N–H and O–H groups in total. The fourth-order valence-electron chi connectivity index (χ4n) is 1.75. The molecule has 0 aliphatic heterocycles. The van der Waals surface area contributed by atoms with Gasteiger partial charge in [-0.15, -0.1) is 11.3 Å². The number of furan rings is 1. The molecule has 0 saturated heterocycles. The highest BCUT2D eigenvalue weighted by atomic mass is 32.1. The molecule has 0 fully saturated rings. The Kier molecular flexibility index (Phi) is 2.86. The molecule has 0 bridgehead atoms. The molecule has 18 heavy (non-hydrogen) atoms. The lowest BCUT2D eigenvalue weighted by atomic mass is 10.2. The fraction of sp³-hybridized carbons (Fsp3) is 0.0714. The minimum absolute atomic E-state index is 0.231. The highest BCUT2D eigenvalue weighted by Crippen LogP contribution is 2.26. The third-order valence-corrected chi connectivity index (χ3v) is 3.65. The smallest absolute Gasteiger partial charge is 0.374 e. The van der Waals surface area contributed by atoms with Crippen LogP contribution in [0, 0.1) is 0 Å². The van der Waals surface area contributed by atoms with Crippen molar-refractivity contribution >= 4 is 27.4 Å². The summed E-state index contributed by atoms with van der Waals surface area (Å²) in [5.74, 6) is -0.204. The number of hydrogen-bond acceptors (Lipinski definition) is 4. The van der Waals surface area contributed by atoms with Crippen LogP contribution in [0.25, 0.3) is 10.1 Å². The molecule has 3 rings (SSSR count). The Balaban J connectivity index is 1.76. The molecule has 2 heterocycles. The van der Waals surface area contributed by atoms with Crippen LogP contribution in [0.1, 0.15) is 16.1 Å². The first-order chi connectivity index (χ1) is 8.84. The largest absolute Gasteiger partial charge is 0.457 e. The molecule has 0 atom stereocenters. The van der Waals surface area contributed by atoms with Gasteiger partial charge in [0, 0.05) is 10.3 Å². The first kappa shape index (κ1) is 11.0.